The monoisotopic (exact) mass is 292 g/mol. The molecule has 100 valence electrons. The Morgan fingerprint density at radius 3 is 2.44 bits per heavy atom. The minimum atomic E-state index is -0.538. The third-order valence-corrected chi connectivity index (χ3v) is 3.00. The van der Waals surface area contributed by atoms with Crippen LogP contribution in [0, 0.1) is 11.7 Å². The highest BCUT2D eigenvalue weighted by atomic mass is 35.5. The Kier molecular flexibility index (Phi) is 5.85. The van der Waals surface area contributed by atoms with Crippen LogP contribution < -0.4 is 10.6 Å². The van der Waals surface area contributed by atoms with Gasteiger partial charge in [0.1, 0.15) is 5.82 Å². The largest absolute Gasteiger partial charge is 0.323 e. The van der Waals surface area contributed by atoms with Crippen molar-refractivity contribution in [2.45, 2.75) is 13.8 Å². The van der Waals surface area contributed by atoms with Crippen molar-refractivity contribution in [1.29, 1.82) is 0 Å². The minimum Gasteiger partial charge on any atom is -0.323 e. The van der Waals surface area contributed by atoms with Gasteiger partial charge in [-0.3, -0.25) is 4.79 Å². The molecule has 0 saturated heterocycles. The first kappa shape index (κ1) is 15.2. The number of hydrogen-bond acceptors (Lipinski definition) is 2. The molecule has 1 rings (SSSR count). The van der Waals surface area contributed by atoms with Gasteiger partial charge in [0, 0.05) is 12.5 Å². The topological polar surface area (TPSA) is 41.1 Å². The van der Waals surface area contributed by atoms with Crippen molar-refractivity contribution < 1.29 is 9.18 Å². The van der Waals surface area contributed by atoms with E-state index in [1.807, 2.05) is 6.92 Å². The van der Waals surface area contributed by atoms with E-state index in [1.54, 1.807) is 6.92 Å². The first-order valence-corrected chi connectivity index (χ1v) is 6.37. The number of halogens is 3. The van der Waals surface area contributed by atoms with Gasteiger partial charge in [-0.05, 0) is 18.7 Å². The van der Waals surface area contributed by atoms with E-state index in [0.717, 1.165) is 18.7 Å². The maximum absolute atomic E-state index is 13.0. The fourth-order valence-electron chi connectivity index (χ4n) is 1.36. The number of nitrogens with one attached hydrogen (secondary N) is 2. The number of carbonyl (C=O) groups is 1. The van der Waals surface area contributed by atoms with Gasteiger partial charge in [0.05, 0.1) is 15.7 Å². The summed E-state index contributed by atoms with van der Waals surface area (Å²) >= 11 is 11.7. The van der Waals surface area contributed by atoms with Gasteiger partial charge in [-0.15, -0.1) is 0 Å². The lowest BCUT2D eigenvalue weighted by molar-refractivity contribution is -0.119. The number of hydrogen-bond donors (Lipinski definition) is 2. The molecule has 0 saturated carbocycles. The van der Waals surface area contributed by atoms with Gasteiger partial charge in [0.15, 0.2) is 0 Å². The standard InChI is InChI=1S/C12H15Cl2FN2O/c1-3-16-6-7(2)12(18)17-11-9(13)4-8(15)5-10(11)14/h4-5,7,16H,3,6H2,1-2H3,(H,17,18). The van der Waals surface area contributed by atoms with Crippen molar-refractivity contribution in [1.82, 2.24) is 5.32 Å². The van der Waals surface area contributed by atoms with Crippen LogP contribution in [0.5, 0.6) is 0 Å². The minimum absolute atomic E-state index is 0.0870. The second-order valence-electron chi connectivity index (χ2n) is 3.94. The van der Waals surface area contributed by atoms with Crippen LogP contribution >= 0.6 is 23.2 Å². The van der Waals surface area contributed by atoms with Crippen LogP contribution in [0.1, 0.15) is 13.8 Å². The summed E-state index contributed by atoms with van der Waals surface area (Å²) in [5, 5.41) is 5.85. The van der Waals surface area contributed by atoms with E-state index in [9.17, 15) is 9.18 Å². The Morgan fingerprint density at radius 2 is 1.94 bits per heavy atom. The average molecular weight is 293 g/mol. The predicted octanol–water partition coefficient (Wildman–Crippen LogP) is 3.32. The van der Waals surface area contributed by atoms with Gasteiger partial charge >= 0.3 is 0 Å². The second-order valence-corrected chi connectivity index (χ2v) is 4.76. The Balaban J connectivity index is 2.76. The third-order valence-electron chi connectivity index (χ3n) is 2.40. The molecule has 0 fully saturated rings. The molecule has 0 bridgehead atoms. The van der Waals surface area contributed by atoms with Crippen molar-refractivity contribution in [2.24, 2.45) is 5.92 Å². The van der Waals surface area contributed by atoms with Crippen molar-refractivity contribution in [3.63, 3.8) is 0 Å². The SMILES string of the molecule is CCNCC(C)C(=O)Nc1c(Cl)cc(F)cc1Cl. The molecule has 1 unspecified atom stereocenters. The zero-order valence-corrected chi connectivity index (χ0v) is 11.7. The maximum Gasteiger partial charge on any atom is 0.228 e. The normalized spacial score (nSPS) is 12.3. The van der Waals surface area contributed by atoms with Gasteiger partial charge in [-0.2, -0.15) is 0 Å². The highest BCUT2D eigenvalue weighted by Crippen LogP contribution is 2.31. The molecule has 1 amide bonds. The lowest BCUT2D eigenvalue weighted by Crippen LogP contribution is -2.30. The van der Waals surface area contributed by atoms with Crippen LogP contribution in [0.2, 0.25) is 10.0 Å². The molecule has 2 N–H and O–H groups in total. The third kappa shape index (κ3) is 4.12. The van der Waals surface area contributed by atoms with Gasteiger partial charge in [-0.25, -0.2) is 4.39 Å². The zero-order chi connectivity index (χ0) is 13.7. The fraction of sp³-hybridized carbons (Fsp3) is 0.417. The van der Waals surface area contributed by atoms with Gasteiger partial charge < -0.3 is 10.6 Å². The van der Waals surface area contributed by atoms with E-state index >= 15 is 0 Å². The van der Waals surface area contributed by atoms with Crippen LogP contribution in [-0.4, -0.2) is 19.0 Å². The molecule has 6 heteroatoms. The number of anilines is 1. The molecular weight excluding hydrogens is 278 g/mol. The number of amides is 1. The molecule has 18 heavy (non-hydrogen) atoms. The smallest absolute Gasteiger partial charge is 0.228 e. The number of carbonyl (C=O) groups excluding carboxylic acids is 1. The summed E-state index contributed by atoms with van der Waals surface area (Å²) in [6.45, 7) is 5.08. The molecule has 0 aliphatic heterocycles. The van der Waals surface area contributed by atoms with Crippen molar-refractivity contribution in [3.05, 3.63) is 28.0 Å². The van der Waals surface area contributed by atoms with Crippen molar-refractivity contribution >= 4 is 34.8 Å². The maximum atomic E-state index is 13.0. The first-order chi connectivity index (χ1) is 8.45. The summed E-state index contributed by atoms with van der Waals surface area (Å²) in [7, 11) is 0. The second kappa shape index (κ2) is 6.92. The van der Waals surface area contributed by atoms with Crippen LogP contribution in [0.4, 0.5) is 10.1 Å². The van der Waals surface area contributed by atoms with Gasteiger partial charge in [0.25, 0.3) is 0 Å². The van der Waals surface area contributed by atoms with E-state index in [-0.39, 0.29) is 27.6 Å². The highest BCUT2D eigenvalue weighted by molar-refractivity contribution is 6.39. The van der Waals surface area contributed by atoms with Crippen LogP contribution in [0.25, 0.3) is 0 Å². The number of benzene rings is 1. The first-order valence-electron chi connectivity index (χ1n) is 5.61. The van der Waals surface area contributed by atoms with Crippen molar-refractivity contribution in [2.75, 3.05) is 18.4 Å². The quantitative estimate of drug-likeness (QED) is 0.874. The summed E-state index contributed by atoms with van der Waals surface area (Å²) in [6, 6.07) is 2.22. The molecule has 0 spiro atoms. The summed E-state index contributed by atoms with van der Waals surface area (Å²) in [5.74, 6) is -0.989. The lowest BCUT2D eigenvalue weighted by atomic mass is 10.1. The zero-order valence-electron chi connectivity index (χ0n) is 10.2. The Bertz CT molecular complexity index is 417. The van der Waals surface area contributed by atoms with Crippen LogP contribution in [0.15, 0.2) is 12.1 Å². The molecule has 0 heterocycles. The predicted molar refractivity (Wildman–Crippen MR) is 72.8 cm³/mol. The van der Waals surface area contributed by atoms with Gasteiger partial charge in [-0.1, -0.05) is 37.0 Å². The van der Waals surface area contributed by atoms with E-state index < -0.39 is 5.82 Å². The summed E-state index contributed by atoms with van der Waals surface area (Å²) in [5.41, 5.74) is 0.244. The average Bonchev–Trinajstić information content (AvgIpc) is 2.30. The van der Waals surface area contributed by atoms with Crippen molar-refractivity contribution in [3.8, 4) is 0 Å². The molecule has 0 aliphatic rings. The Morgan fingerprint density at radius 1 is 1.39 bits per heavy atom. The van der Waals surface area contributed by atoms with Crippen LogP contribution in [-0.2, 0) is 4.79 Å². The molecule has 1 aromatic carbocycles. The van der Waals surface area contributed by atoms with E-state index in [0.29, 0.717) is 6.54 Å². The van der Waals surface area contributed by atoms with Gasteiger partial charge in [0.2, 0.25) is 5.91 Å². The Hall–Kier alpha value is -0.840. The molecule has 0 aliphatic carbocycles. The Labute approximate surface area is 116 Å². The summed E-state index contributed by atoms with van der Waals surface area (Å²) in [6.07, 6.45) is 0. The number of rotatable bonds is 5. The molecule has 3 nitrogen and oxygen atoms in total. The van der Waals surface area contributed by atoms with Crippen LogP contribution in [0.3, 0.4) is 0 Å². The molecule has 1 aromatic rings. The van der Waals surface area contributed by atoms with E-state index in [4.69, 9.17) is 23.2 Å². The highest BCUT2D eigenvalue weighted by Gasteiger charge is 2.16. The lowest BCUT2D eigenvalue weighted by Gasteiger charge is -2.14. The molecule has 0 radical (unpaired) electrons. The molecular formula is C12H15Cl2FN2O. The summed E-state index contributed by atoms with van der Waals surface area (Å²) < 4.78 is 13.0. The molecule has 0 aromatic heterocycles. The van der Waals surface area contributed by atoms with E-state index in [1.165, 1.54) is 0 Å². The fourth-order valence-corrected chi connectivity index (χ4v) is 1.92. The molecule has 1 atom stereocenters. The summed E-state index contributed by atoms with van der Waals surface area (Å²) in [4.78, 5) is 11.8. The van der Waals surface area contributed by atoms with E-state index in [2.05, 4.69) is 10.6 Å².